The molecular formula is C13H13BrClN. The number of halogens is 2. The molecule has 0 radical (unpaired) electrons. The van der Waals surface area contributed by atoms with Crippen LogP contribution in [-0.2, 0) is 6.42 Å². The highest BCUT2D eigenvalue weighted by Crippen LogP contribution is 2.29. The third-order valence-corrected chi connectivity index (χ3v) is 3.35. The Morgan fingerprint density at radius 1 is 1.31 bits per heavy atom. The van der Waals surface area contributed by atoms with Gasteiger partial charge >= 0.3 is 0 Å². The molecule has 2 aromatic rings. The van der Waals surface area contributed by atoms with Crippen LogP contribution in [-0.4, -0.2) is 4.98 Å². The maximum Gasteiger partial charge on any atom is 0.0750 e. The van der Waals surface area contributed by atoms with Crippen molar-refractivity contribution in [1.82, 2.24) is 4.98 Å². The van der Waals surface area contributed by atoms with Crippen molar-refractivity contribution in [3.05, 3.63) is 39.0 Å². The molecule has 3 heteroatoms. The molecule has 0 fully saturated rings. The summed E-state index contributed by atoms with van der Waals surface area (Å²) in [6.45, 7) is 4.21. The van der Waals surface area contributed by atoms with Gasteiger partial charge in [-0.15, -0.1) is 0 Å². The zero-order valence-electron chi connectivity index (χ0n) is 9.35. The van der Waals surface area contributed by atoms with Crippen molar-refractivity contribution in [2.24, 2.45) is 0 Å². The Hall–Kier alpha value is -0.600. The Morgan fingerprint density at radius 3 is 2.75 bits per heavy atom. The molecule has 0 unspecified atom stereocenters. The molecule has 84 valence electrons. The van der Waals surface area contributed by atoms with Crippen molar-refractivity contribution >= 4 is 38.4 Å². The SMILES string of the molecule is CCCc1cc(Cl)c2cc(Br)cc(C)c2n1. The molecule has 0 atom stereocenters. The molecule has 0 amide bonds. The minimum atomic E-state index is 0.790. The van der Waals surface area contributed by atoms with Gasteiger partial charge in [0.05, 0.1) is 10.5 Å². The van der Waals surface area contributed by atoms with Crippen LogP contribution in [0.4, 0.5) is 0 Å². The molecule has 0 spiro atoms. The quantitative estimate of drug-likeness (QED) is 0.767. The van der Waals surface area contributed by atoms with E-state index in [0.29, 0.717) is 0 Å². The van der Waals surface area contributed by atoms with Crippen molar-refractivity contribution in [2.45, 2.75) is 26.7 Å². The molecule has 0 aliphatic rings. The molecule has 0 bridgehead atoms. The van der Waals surface area contributed by atoms with E-state index >= 15 is 0 Å². The third-order valence-electron chi connectivity index (χ3n) is 2.58. The standard InChI is InChI=1S/C13H13BrClN/c1-3-4-10-7-12(15)11-6-9(14)5-8(2)13(11)16-10/h5-7H,3-4H2,1-2H3. The van der Waals surface area contributed by atoms with Gasteiger partial charge in [-0.1, -0.05) is 40.9 Å². The first-order valence-corrected chi connectivity index (χ1v) is 6.54. The van der Waals surface area contributed by atoms with E-state index in [1.165, 1.54) is 0 Å². The summed E-state index contributed by atoms with van der Waals surface area (Å²) in [5.74, 6) is 0. The van der Waals surface area contributed by atoms with Gasteiger partial charge in [0, 0.05) is 15.6 Å². The van der Waals surface area contributed by atoms with E-state index in [0.717, 1.165) is 44.5 Å². The van der Waals surface area contributed by atoms with E-state index < -0.39 is 0 Å². The van der Waals surface area contributed by atoms with Gasteiger partial charge in [-0.2, -0.15) is 0 Å². The lowest BCUT2D eigenvalue weighted by Crippen LogP contribution is -1.93. The Bertz CT molecular complexity index is 537. The fourth-order valence-corrected chi connectivity index (χ4v) is 2.69. The summed E-state index contributed by atoms with van der Waals surface area (Å²) in [6.07, 6.45) is 2.07. The van der Waals surface area contributed by atoms with E-state index in [-0.39, 0.29) is 0 Å². The van der Waals surface area contributed by atoms with Crippen LogP contribution < -0.4 is 0 Å². The highest BCUT2D eigenvalue weighted by Gasteiger charge is 2.07. The summed E-state index contributed by atoms with van der Waals surface area (Å²) in [4.78, 5) is 4.66. The van der Waals surface area contributed by atoms with Crippen LogP contribution in [0.25, 0.3) is 10.9 Å². The van der Waals surface area contributed by atoms with Crippen molar-refractivity contribution in [3.63, 3.8) is 0 Å². The lowest BCUT2D eigenvalue weighted by Gasteiger charge is -2.07. The minimum absolute atomic E-state index is 0.790. The second-order valence-corrected chi connectivity index (χ2v) is 5.29. The molecule has 0 saturated carbocycles. The second kappa shape index (κ2) is 4.72. The number of benzene rings is 1. The van der Waals surface area contributed by atoms with E-state index in [2.05, 4.69) is 40.8 Å². The lowest BCUT2D eigenvalue weighted by molar-refractivity contribution is 0.889. The maximum absolute atomic E-state index is 6.28. The van der Waals surface area contributed by atoms with Gasteiger partial charge in [-0.3, -0.25) is 4.98 Å². The fourth-order valence-electron chi connectivity index (χ4n) is 1.85. The molecule has 0 aliphatic carbocycles. The van der Waals surface area contributed by atoms with Crippen molar-refractivity contribution in [3.8, 4) is 0 Å². The highest BCUT2D eigenvalue weighted by molar-refractivity contribution is 9.10. The van der Waals surface area contributed by atoms with Gasteiger partial charge in [0.25, 0.3) is 0 Å². The Kier molecular flexibility index (Phi) is 3.50. The molecular weight excluding hydrogens is 286 g/mol. The van der Waals surface area contributed by atoms with Crippen LogP contribution in [0.1, 0.15) is 24.6 Å². The van der Waals surface area contributed by atoms with Gasteiger partial charge in [-0.25, -0.2) is 0 Å². The molecule has 0 N–H and O–H groups in total. The summed E-state index contributed by atoms with van der Waals surface area (Å²) in [5, 5.41) is 1.81. The van der Waals surface area contributed by atoms with Crippen LogP contribution >= 0.6 is 27.5 Å². The number of aryl methyl sites for hydroxylation is 2. The van der Waals surface area contributed by atoms with E-state index in [1.54, 1.807) is 0 Å². The van der Waals surface area contributed by atoms with Crippen LogP contribution in [0.3, 0.4) is 0 Å². The zero-order chi connectivity index (χ0) is 11.7. The number of fused-ring (bicyclic) bond motifs is 1. The normalized spacial score (nSPS) is 11.0. The molecule has 1 nitrogen and oxygen atoms in total. The van der Waals surface area contributed by atoms with Crippen LogP contribution in [0.15, 0.2) is 22.7 Å². The Labute approximate surface area is 109 Å². The largest absolute Gasteiger partial charge is 0.252 e. The molecule has 2 rings (SSSR count). The maximum atomic E-state index is 6.28. The number of hydrogen-bond acceptors (Lipinski definition) is 1. The summed E-state index contributed by atoms with van der Waals surface area (Å²) in [5.41, 5.74) is 3.24. The molecule has 0 saturated heterocycles. The van der Waals surface area contributed by atoms with Gasteiger partial charge in [-0.05, 0) is 37.1 Å². The minimum Gasteiger partial charge on any atom is -0.252 e. The topological polar surface area (TPSA) is 12.9 Å². The summed E-state index contributed by atoms with van der Waals surface area (Å²) >= 11 is 9.76. The van der Waals surface area contributed by atoms with Crippen LogP contribution in [0, 0.1) is 6.92 Å². The van der Waals surface area contributed by atoms with Gasteiger partial charge in [0.2, 0.25) is 0 Å². The number of pyridine rings is 1. The summed E-state index contributed by atoms with van der Waals surface area (Å²) in [6, 6.07) is 6.06. The van der Waals surface area contributed by atoms with Crippen LogP contribution in [0.5, 0.6) is 0 Å². The molecule has 0 aliphatic heterocycles. The van der Waals surface area contributed by atoms with E-state index in [4.69, 9.17) is 11.6 Å². The number of rotatable bonds is 2. The first-order chi connectivity index (χ1) is 7.61. The van der Waals surface area contributed by atoms with E-state index in [9.17, 15) is 0 Å². The number of nitrogens with zero attached hydrogens (tertiary/aromatic N) is 1. The smallest absolute Gasteiger partial charge is 0.0750 e. The average Bonchev–Trinajstić information content (AvgIpc) is 2.20. The molecule has 1 heterocycles. The third kappa shape index (κ3) is 2.23. The van der Waals surface area contributed by atoms with Crippen molar-refractivity contribution in [2.75, 3.05) is 0 Å². The molecule has 1 aromatic carbocycles. The van der Waals surface area contributed by atoms with Crippen LogP contribution in [0.2, 0.25) is 5.02 Å². The molecule has 1 aromatic heterocycles. The van der Waals surface area contributed by atoms with E-state index in [1.807, 2.05) is 12.1 Å². The lowest BCUT2D eigenvalue weighted by atomic mass is 10.1. The van der Waals surface area contributed by atoms with Gasteiger partial charge in [0.1, 0.15) is 0 Å². The molecule has 16 heavy (non-hydrogen) atoms. The zero-order valence-corrected chi connectivity index (χ0v) is 11.7. The fraction of sp³-hybridized carbons (Fsp3) is 0.308. The monoisotopic (exact) mass is 297 g/mol. The summed E-state index contributed by atoms with van der Waals surface area (Å²) in [7, 11) is 0. The Morgan fingerprint density at radius 2 is 2.06 bits per heavy atom. The predicted octanol–water partition coefficient (Wildman–Crippen LogP) is 4.91. The van der Waals surface area contributed by atoms with Gasteiger partial charge in [0.15, 0.2) is 0 Å². The Balaban J connectivity index is 2.71. The summed E-state index contributed by atoms with van der Waals surface area (Å²) < 4.78 is 1.05. The second-order valence-electron chi connectivity index (χ2n) is 3.96. The average molecular weight is 299 g/mol. The van der Waals surface area contributed by atoms with Gasteiger partial charge < -0.3 is 0 Å². The highest BCUT2D eigenvalue weighted by atomic mass is 79.9. The van der Waals surface area contributed by atoms with Crippen molar-refractivity contribution in [1.29, 1.82) is 0 Å². The predicted molar refractivity (Wildman–Crippen MR) is 73.2 cm³/mol. The first kappa shape index (κ1) is 11.9. The van der Waals surface area contributed by atoms with Crippen molar-refractivity contribution < 1.29 is 0 Å². The number of hydrogen-bond donors (Lipinski definition) is 0. The first-order valence-electron chi connectivity index (χ1n) is 5.37. The number of aromatic nitrogens is 1.